The molecule has 0 aliphatic rings. The van der Waals surface area contributed by atoms with E-state index >= 15 is 0 Å². The van der Waals surface area contributed by atoms with Crippen molar-refractivity contribution in [2.75, 3.05) is 4.90 Å². The van der Waals surface area contributed by atoms with Gasteiger partial charge in [-0.1, -0.05) is 164 Å². The molecule has 0 aliphatic heterocycles. The lowest BCUT2D eigenvalue weighted by Gasteiger charge is -2.26. The first kappa shape index (κ1) is 32.8. The number of hydrogen-bond acceptors (Lipinski definition) is 3. The molecule has 0 amide bonds. The second-order valence-corrected chi connectivity index (χ2v) is 14.5. The standard InChI is InChI=1S/C54H35NO2/c1-4-12-36(13-5-1)38-22-24-39(25-23-38)41-28-32-44(33-29-41)55(43-30-26-40(27-31-43)37-14-6-2-7-15-37)49-20-10-19-46-47-34-52-48(35-51(47)57-54(46)49)53-45(18-11-21-50(53)56-52)42-16-8-3-9-17-42/h1-35H. The van der Waals surface area contributed by atoms with Crippen LogP contribution in [0.4, 0.5) is 17.1 Å². The van der Waals surface area contributed by atoms with Gasteiger partial charge in [0.05, 0.1) is 5.69 Å². The SMILES string of the molecule is c1ccc(-c2ccc(-c3ccc(N(c4ccc(-c5ccccc5)cc4)c4cccc5c4oc4cc6c(cc45)oc4cccc(-c5ccccc5)c46)cc3)cc2)cc1. The van der Waals surface area contributed by atoms with Crippen LogP contribution in [0, 0.1) is 0 Å². The summed E-state index contributed by atoms with van der Waals surface area (Å²) >= 11 is 0. The highest BCUT2D eigenvalue weighted by Crippen LogP contribution is 2.45. The average molecular weight is 730 g/mol. The van der Waals surface area contributed by atoms with E-state index in [0.717, 1.165) is 77.6 Å². The third-order valence-corrected chi connectivity index (χ3v) is 11.1. The van der Waals surface area contributed by atoms with Crippen LogP contribution in [0.1, 0.15) is 0 Å². The molecular formula is C54H35NO2. The van der Waals surface area contributed by atoms with Crippen molar-refractivity contribution < 1.29 is 8.83 Å². The molecule has 0 spiro atoms. The normalized spacial score (nSPS) is 11.5. The van der Waals surface area contributed by atoms with Gasteiger partial charge < -0.3 is 13.7 Å². The lowest BCUT2D eigenvalue weighted by Crippen LogP contribution is -2.10. The Balaban J connectivity index is 1.04. The monoisotopic (exact) mass is 729 g/mol. The van der Waals surface area contributed by atoms with Crippen molar-refractivity contribution in [2.24, 2.45) is 0 Å². The Morgan fingerprint density at radius 1 is 0.298 bits per heavy atom. The maximum Gasteiger partial charge on any atom is 0.159 e. The average Bonchev–Trinajstić information content (AvgIpc) is 3.85. The Kier molecular flexibility index (Phi) is 7.82. The Labute approximate surface area is 330 Å². The molecule has 0 N–H and O–H groups in total. The Bertz CT molecular complexity index is 3180. The molecule has 268 valence electrons. The number of rotatable bonds is 7. The van der Waals surface area contributed by atoms with Crippen LogP contribution in [-0.2, 0) is 0 Å². The third-order valence-electron chi connectivity index (χ3n) is 11.1. The van der Waals surface area contributed by atoms with E-state index in [2.05, 4.69) is 205 Å². The van der Waals surface area contributed by atoms with Gasteiger partial charge in [0.2, 0.25) is 0 Å². The van der Waals surface area contributed by atoms with E-state index in [0.29, 0.717) is 0 Å². The highest BCUT2D eigenvalue weighted by atomic mass is 16.3. The van der Waals surface area contributed by atoms with Gasteiger partial charge in [0.15, 0.2) is 5.58 Å². The summed E-state index contributed by atoms with van der Waals surface area (Å²) < 4.78 is 13.5. The van der Waals surface area contributed by atoms with Crippen LogP contribution in [0.15, 0.2) is 221 Å². The molecule has 0 fully saturated rings. The molecule has 11 rings (SSSR count). The number of furan rings is 2. The summed E-state index contributed by atoms with van der Waals surface area (Å²) in [6, 6.07) is 74.9. The van der Waals surface area contributed by atoms with Crippen LogP contribution in [0.25, 0.3) is 88.4 Å². The minimum absolute atomic E-state index is 0.820. The van der Waals surface area contributed by atoms with Crippen molar-refractivity contribution in [1.82, 2.24) is 0 Å². The molecule has 0 radical (unpaired) electrons. The van der Waals surface area contributed by atoms with Crippen LogP contribution in [0.5, 0.6) is 0 Å². The number of nitrogens with zero attached hydrogens (tertiary/aromatic N) is 1. The largest absolute Gasteiger partial charge is 0.456 e. The number of anilines is 3. The molecule has 0 saturated heterocycles. The van der Waals surface area contributed by atoms with Gasteiger partial charge >= 0.3 is 0 Å². The number of benzene rings is 9. The maximum atomic E-state index is 6.93. The van der Waals surface area contributed by atoms with Crippen LogP contribution in [0.3, 0.4) is 0 Å². The van der Waals surface area contributed by atoms with Gasteiger partial charge in [-0.15, -0.1) is 0 Å². The van der Waals surface area contributed by atoms with Crippen molar-refractivity contribution >= 4 is 60.9 Å². The molecule has 0 bridgehead atoms. The molecule has 9 aromatic carbocycles. The summed E-state index contributed by atoms with van der Waals surface area (Å²) in [4.78, 5) is 2.30. The summed E-state index contributed by atoms with van der Waals surface area (Å²) in [5.41, 5.74) is 15.8. The summed E-state index contributed by atoms with van der Waals surface area (Å²) in [5, 5.41) is 4.19. The Hall–Kier alpha value is -7.62. The van der Waals surface area contributed by atoms with Crippen LogP contribution >= 0.6 is 0 Å². The van der Waals surface area contributed by atoms with E-state index < -0.39 is 0 Å². The maximum absolute atomic E-state index is 6.93. The quantitative estimate of drug-likeness (QED) is 0.164. The Morgan fingerprint density at radius 3 is 1.32 bits per heavy atom. The van der Waals surface area contributed by atoms with Gasteiger partial charge in [-0.25, -0.2) is 0 Å². The lowest BCUT2D eigenvalue weighted by atomic mass is 9.99. The predicted molar refractivity (Wildman–Crippen MR) is 237 cm³/mol. The summed E-state index contributed by atoms with van der Waals surface area (Å²) in [7, 11) is 0. The molecule has 57 heavy (non-hydrogen) atoms. The first-order valence-electron chi connectivity index (χ1n) is 19.3. The smallest absolute Gasteiger partial charge is 0.159 e. The predicted octanol–water partition coefficient (Wildman–Crippen LogP) is 15.6. The summed E-state index contributed by atoms with van der Waals surface area (Å²) in [6.45, 7) is 0. The van der Waals surface area contributed by atoms with Crippen molar-refractivity contribution in [3.8, 4) is 44.5 Å². The van der Waals surface area contributed by atoms with E-state index in [-0.39, 0.29) is 0 Å². The zero-order valence-electron chi connectivity index (χ0n) is 31.0. The molecule has 0 atom stereocenters. The molecule has 0 unspecified atom stereocenters. The molecule has 2 heterocycles. The molecule has 0 saturated carbocycles. The summed E-state index contributed by atoms with van der Waals surface area (Å²) in [5.74, 6) is 0. The van der Waals surface area contributed by atoms with Gasteiger partial charge in [-0.2, -0.15) is 0 Å². The van der Waals surface area contributed by atoms with Crippen molar-refractivity contribution in [1.29, 1.82) is 0 Å². The summed E-state index contributed by atoms with van der Waals surface area (Å²) in [6.07, 6.45) is 0. The van der Waals surface area contributed by atoms with Crippen LogP contribution in [0.2, 0.25) is 0 Å². The van der Waals surface area contributed by atoms with Gasteiger partial charge in [-0.3, -0.25) is 0 Å². The number of hydrogen-bond donors (Lipinski definition) is 0. The molecule has 3 heteroatoms. The topological polar surface area (TPSA) is 29.5 Å². The van der Waals surface area contributed by atoms with Crippen LogP contribution < -0.4 is 4.90 Å². The second-order valence-electron chi connectivity index (χ2n) is 14.5. The lowest BCUT2D eigenvalue weighted by molar-refractivity contribution is 0.664. The van der Waals surface area contributed by atoms with Crippen molar-refractivity contribution in [3.63, 3.8) is 0 Å². The molecule has 11 aromatic rings. The minimum Gasteiger partial charge on any atom is -0.456 e. The zero-order valence-corrected chi connectivity index (χ0v) is 31.0. The second kappa shape index (κ2) is 13.6. The Morgan fingerprint density at radius 2 is 0.754 bits per heavy atom. The first-order chi connectivity index (χ1) is 28.2. The van der Waals surface area contributed by atoms with Crippen LogP contribution in [-0.4, -0.2) is 0 Å². The molecule has 2 aromatic heterocycles. The molecule has 0 aliphatic carbocycles. The van der Waals surface area contributed by atoms with E-state index in [9.17, 15) is 0 Å². The molecule has 3 nitrogen and oxygen atoms in total. The van der Waals surface area contributed by atoms with Gasteiger partial charge in [0.25, 0.3) is 0 Å². The van der Waals surface area contributed by atoms with Gasteiger partial charge in [-0.05, 0) is 93.0 Å². The van der Waals surface area contributed by atoms with Gasteiger partial charge in [0.1, 0.15) is 16.7 Å². The van der Waals surface area contributed by atoms with E-state index in [1.165, 1.54) is 27.8 Å². The molecular weight excluding hydrogens is 695 g/mol. The van der Waals surface area contributed by atoms with Crippen molar-refractivity contribution in [3.05, 3.63) is 212 Å². The fourth-order valence-electron chi connectivity index (χ4n) is 8.29. The van der Waals surface area contributed by atoms with E-state index in [1.807, 2.05) is 12.1 Å². The number of para-hydroxylation sites is 1. The third kappa shape index (κ3) is 5.76. The number of fused-ring (bicyclic) bond motifs is 6. The fraction of sp³-hybridized carbons (Fsp3) is 0. The zero-order chi connectivity index (χ0) is 37.7. The highest BCUT2D eigenvalue weighted by molar-refractivity contribution is 6.19. The minimum atomic E-state index is 0.820. The first-order valence-corrected chi connectivity index (χ1v) is 19.3. The van der Waals surface area contributed by atoms with E-state index in [1.54, 1.807) is 0 Å². The van der Waals surface area contributed by atoms with Gasteiger partial charge in [0, 0.05) is 32.9 Å². The van der Waals surface area contributed by atoms with Crippen molar-refractivity contribution in [2.45, 2.75) is 0 Å². The highest BCUT2D eigenvalue weighted by Gasteiger charge is 2.22. The van der Waals surface area contributed by atoms with E-state index in [4.69, 9.17) is 8.83 Å². The fourth-order valence-corrected chi connectivity index (χ4v) is 8.29.